The van der Waals surface area contributed by atoms with E-state index in [-0.39, 0.29) is 0 Å². The van der Waals surface area contributed by atoms with Crippen LogP contribution in [0.5, 0.6) is 0 Å². The summed E-state index contributed by atoms with van der Waals surface area (Å²) in [4.78, 5) is 22.8. The lowest BCUT2D eigenvalue weighted by Gasteiger charge is -2.11. The first-order valence-corrected chi connectivity index (χ1v) is 8.17. The zero-order chi connectivity index (χ0) is 17.6. The second-order valence-corrected chi connectivity index (χ2v) is 8.79. The van der Waals surface area contributed by atoms with Crippen LogP contribution in [0, 0.1) is 0 Å². The Bertz CT molecular complexity index is 433. The number of allylic oxidation sites excluding steroid dienone is 4. The minimum atomic E-state index is -1.97. The Labute approximate surface area is 159 Å². The van der Waals surface area contributed by atoms with Gasteiger partial charge in [0.1, 0.15) is 0 Å². The van der Waals surface area contributed by atoms with E-state index in [1.165, 1.54) is 12.2 Å². The zero-order valence-electron chi connectivity index (χ0n) is 11.7. The van der Waals surface area contributed by atoms with E-state index in [0.717, 1.165) is 0 Å². The fourth-order valence-corrected chi connectivity index (χ4v) is 1.51. The summed E-state index contributed by atoms with van der Waals surface area (Å²) in [5, 5.41) is 5.87. The molecule has 0 fully saturated rings. The summed E-state index contributed by atoms with van der Waals surface area (Å²) >= 11 is 32.6. The molecule has 0 heterocycles. The monoisotopic (exact) mass is 428 g/mol. The summed E-state index contributed by atoms with van der Waals surface area (Å²) in [6.07, 6.45) is 2.39. The first kappa shape index (κ1) is 22.2. The van der Waals surface area contributed by atoms with Crippen LogP contribution in [-0.2, 0) is 9.59 Å². The molecule has 0 saturated heterocycles. The summed E-state index contributed by atoms with van der Waals surface area (Å²) < 4.78 is -3.95. The Kier molecular flexibility index (Phi) is 9.52. The van der Waals surface area contributed by atoms with Crippen molar-refractivity contribution in [3.8, 4) is 0 Å². The molecule has 0 spiro atoms. The van der Waals surface area contributed by atoms with E-state index in [1.807, 2.05) is 0 Å². The highest BCUT2D eigenvalue weighted by molar-refractivity contribution is 6.77. The Hall–Kier alpha value is 0.160. The van der Waals surface area contributed by atoms with E-state index in [2.05, 4.69) is 10.6 Å². The summed E-state index contributed by atoms with van der Waals surface area (Å²) in [5.41, 5.74) is 1.08. The van der Waals surface area contributed by atoms with Crippen molar-refractivity contribution >= 4 is 81.2 Å². The standard InChI is InChI=1S/C12H14Cl6N2O2/c1-7(5-9(21)11(13,14)15)19-3-4-20-8(2)6-10(22)12(16,17)18/h5-6,19-20H,3-4H2,1-2H3. The zero-order valence-corrected chi connectivity index (χ0v) is 16.2. The Balaban J connectivity index is 4.24. The lowest BCUT2D eigenvalue weighted by Crippen LogP contribution is -2.27. The molecular formula is C12H14Cl6N2O2. The summed E-state index contributed by atoms with van der Waals surface area (Å²) in [6.45, 7) is 4.23. The van der Waals surface area contributed by atoms with Gasteiger partial charge in [0.25, 0.3) is 7.59 Å². The molecule has 0 aliphatic carbocycles. The number of nitrogens with one attached hydrogen (secondary N) is 2. The Morgan fingerprint density at radius 3 is 1.27 bits per heavy atom. The number of alkyl halides is 6. The molecule has 4 nitrogen and oxygen atoms in total. The van der Waals surface area contributed by atoms with E-state index in [9.17, 15) is 9.59 Å². The first-order chi connectivity index (χ1) is 9.84. The van der Waals surface area contributed by atoms with Crippen molar-refractivity contribution in [2.45, 2.75) is 21.4 Å². The number of rotatable bonds is 7. The van der Waals surface area contributed by atoms with Crippen LogP contribution in [0.3, 0.4) is 0 Å². The van der Waals surface area contributed by atoms with Gasteiger partial charge in [-0.15, -0.1) is 0 Å². The fourth-order valence-electron chi connectivity index (χ4n) is 1.18. The van der Waals surface area contributed by atoms with Crippen molar-refractivity contribution in [2.24, 2.45) is 0 Å². The molecule has 0 aromatic rings. The molecule has 0 unspecified atom stereocenters. The van der Waals surface area contributed by atoms with Gasteiger partial charge in [-0.2, -0.15) is 0 Å². The minimum absolute atomic E-state index is 0.461. The molecule has 0 aliphatic heterocycles. The van der Waals surface area contributed by atoms with Gasteiger partial charge in [-0.3, -0.25) is 9.59 Å². The van der Waals surface area contributed by atoms with Crippen molar-refractivity contribution in [3.05, 3.63) is 23.5 Å². The summed E-state index contributed by atoms with van der Waals surface area (Å²) in [6, 6.07) is 0. The predicted octanol–water partition coefficient (Wildman–Crippen LogP) is 3.85. The molecule has 0 rings (SSSR count). The molecule has 0 aliphatic rings. The topological polar surface area (TPSA) is 58.2 Å². The molecule has 0 saturated carbocycles. The van der Waals surface area contributed by atoms with Crippen LogP contribution in [0.25, 0.3) is 0 Å². The van der Waals surface area contributed by atoms with E-state index in [1.54, 1.807) is 13.8 Å². The van der Waals surface area contributed by atoms with E-state index < -0.39 is 19.2 Å². The first-order valence-electron chi connectivity index (χ1n) is 5.90. The van der Waals surface area contributed by atoms with E-state index in [0.29, 0.717) is 24.5 Å². The Morgan fingerprint density at radius 1 is 0.773 bits per heavy atom. The molecule has 22 heavy (non-hydrogen) atoms. The highest BCUT2D eigenvalue weighted by atomic mass is 35.6. The lowest BCUT2D eigenvalue weighted by atomic mass is 10.3. The van der Waals surface area contributed by atoms with Crippen LogP contribution in [-0.4, -0.2) is 32.2 Å². The van der Waals surface area contributed by atoms with Crippen LogP contribution >= 0.6 is 69.6 Å². The number of carbonyl (C=O) groups is 2. The van der Waals surface area contributed by atoms with Crippen LogP contribution in [0.2, 0.25) is 0 Å². The lowest BCUT2D eigenvalue weighted by molar-refractivity contribution is -0.114. The third kappa shape index (κ3) is 10.0. The molecule has 0 atom stereocenters. The van der Waals surface area contributed by atoms with Crippen molar-refractivity contribution in [2.75, 3.05) is 13.1 Å². The van der Waals surface area contributed by atoms with Crippen LogP contribution < -0.4 is 10.6 Å². The van der Waals surface area contributed by atoms with Gasteiger partial charge in [0, 0.05) is 36.6 Å². The van der Waals surface area contributed by atoms with Crippen LogP contribution in [0.15, 0.2) is 23.5 Å². The van der Waals surface area contributed by atoms with Gasteiger partial charge in [0.05, 0.1) is 0 Å². The number of hydrogen-bond acceptors (Lipinski definition) is 4. The smallest absolute Gasteiger partial charge is 0.252 e. The molecule has 0 bridgehead atoms. The van der Waals surface area contributed by atoms with Crippen molar-refractivity contribution in [1.29, 1.82) is 0 Å². The third-order valence-electron chi connectivity index (χ3n) is 2.19. The molecule has 0 aromatic carbocycles. The van der Waals surface area contributed by atoms with Crippen LogP contribution in [0.4, 0.5) is 0 Å². The van der Waals surface area contributed by atoms with E-state index in [4.69, 9.17) is 69.6 Å². The van der Waals surface area contributed by atoms with Gasteiger partial charge < -0.3 is 10.6 Å². The SMILES string of the molecule is CC(=CC(=O)C(Cl)(Cl)Cl)NCCNC(C)=CC(=O)C(Cl)(Cl)Cl. The van der Waals surface area contributed by atoms with Gasteiger partial charge in [-0.1, -0.05) is 69.6 Å². The van der Waals surface area contributed by atoms with Gasteiger partial charge in [0.2, 0.25) is 11.6 Å². The van der Waals surface area contributed by atoms with Crippen LogP contribution in [0.1, 0.15) is 13.8 Å². The highest BCUT2D eigenvalue weighted by Gasteiger charge is 2.29. The van der Waals surface area contributed by atoms with Crippen molar-refractivity contribution < 1.29 is 9.59 Å². The molecule has 126 valence electrons. The van der Waals surface area contributed by atoms with E-state index >= 15 is 0 Å². The summed E-state index contributed by atoms with van der Waals surface area (Å²) in [7, 11) is 0. The second kappa shape index (κ2) is 9.45. The summed E-state index contributed by atoms with van der Waals surface area (Å²) in [5.74, 6) is -1.28. The average molecular weight is 431 g/mol. The van der Waals surface area contributed by atoms with Gasteiger partial charge in [0.15, 0.2) is 0 Å². The number of carbonyl (C=O) groups excluding carboxylic acids is 2. The maximum absolute atomic E-state index is 11.4. The molecule has 0 radical (unpaired) electrons. The van der Waals surface area contributed by atoms with Crippen molar-refractivity contribution in [1.82, 2.24) is 10.6 Å². The average Bonchev–Trinajstić information content (AvgIpc) is 2.32. The van der Waals surface area contributed by atoms with Gasteiger partial charge >= 0.3 is 0 Å². The maximum atomic E-state index is 11.4. The highest BCUT2D eigenvalue weighted by Crippen LogP contribution is 2.28. The third-order valence-corrected chi connectivity index (χ3v) is 3.30. The number of halogens is 6. The van der Waals surface area contributed by atoms with Crippen molar-refractivity contribution in [3.63, 3.8) is 0 Å². The largest absolute Gasteiger partial charge is 0.387 e. The molecule has 0 aromatic heterocycles. The molecule has 2 N–H and O–H groups in total. The molecular weight excluding hydrogens is 417 g/mol. The molecule has 0 amide bonds. The van der Waals surface area contributed by atoms with Gasteiger partial charge in [-0.05, 0) is 13.8 Å². The Morgan fingerprint density at radius 2 is 1.05 bits per heavy atom. The predicted molar refractivity (Wildman–Crippen MR) is 94.1 cm³/mol. The fraction of sp³-hybridized carbons (Fsp3) is 0.500. The maximum Gasteiger partial charge on any atom is 0.252 e. The normalized spacial score (nSPS) is 13.8. The second-order valence-electron chi connectivity index (χ2n) is 4.23. The quantitative estimate of drug-likeness (QED) is 0.366. The molecule has 10 heteroatoms. The van der Waals surface area contributed by atoms with Gasteiger partial charge in [-0.25, -0.2) is 0 Å². The number of ketones is 2. The number of hydrogen-bond donors (Lipinski definition) is 2. The minimum Gasteiger partial charge on any atom is -0.387 e.